The summed E-state index contributed by atoms with van der Waals surface area (Å²) in [6.07, 6.45) is 0. The average molecular weight is 330 g/mol. The van der Waals surface area contributed by atoms with Gasteiger partial charge in [-0.05, 0) is 43.1 Å². The lowest BCUT2D eigenvalue weighted by atomic mass is 9.88. The van der Waals surface area contributed by atoms with E-state index in [0.29, 0.717) is 12.0 Å². The van der Waals surface area contributed by atoms with Gasteiger partial charge in [0.05, 0.1) is 0 Å². The van der Waals surface area contributed by atoms with Crippen molar-refractivity contribution >= 4 is 23.7 Å². The van der Waals surface area contributed by atoms with Gasteiger partial charge in [0.15, 0.2) is 0 Å². The Kier molecular flexibility index (Phi) is 5.00. The Morgan fingerprint density at radius 3 is 2.09 bits per heavy atom. The second-order valence-electron chi connectivity index (χ2n) is 7.79. The van der Waals surface area contributed by atoms with Crippen molar-refractivity contribution in [3.63, 3.8) is 0 Å². The molecule has 1 aromatic rings. The molecule has 0 fully saturated rings. The van der Waals surface area contributed by atoms with Gasteiger partial charge >= 0.3 is 0 Å². The summed E-state index contributed by atoms with van der Waals surface area (Å²) in [5, 5.41) is 1.52. The van der Waals surface area contributed by atoms with E-state index in [-0.39, 0.29) is 0 Å². The van der Waals surface area contributed by atoms with Crippen LogP contribution in [0.25, 0.3) is 0 Å². The van der Waals surface area contributed by atoms with Crippen molar-refractivity contribution in [3.05, 3.63) is 52.1 Å². The van der Waals surface area contributed by atoms with E-state index < -0.39 is 8.24 Å². The minimum Gasteiger partial charge on any atom is -0.328 e. The predicted octanol–water partition coefficient (Wildman–Crippen LogP) is 3.45. The van der Waals surface area contributed by atoms with Crippen LogP contribution in [0.5, 0.6) is 0 Å². The minimum absolute atomic E-state index is 0.378. The zero-order chi connectivity index (χ0) is 16.7. The zero-order valence-corrected chi connectivity index (χ0v) is 18.5. The molecule has 1 nitrogen and oxygen atoms in total. The average Bonchev–Trinajstić information content (AvgIpc) is 2.61. The first-order chi connectivity index (χ1) is 10.1. The summed E-state index contributed by atoms with van der Waals surface area (Å²) in [6, 6.07) is 9.37. The fourth-order valence-corrected chi connectivity index (χ4v) is 5.35. The molecule has 120 valence electrons. The van der Waals surface area contributed by atoms with Crippen LogP contribution in [0.4, 0.5) is 0 Å². The molecule has 0 saturated heterocycles. The predicted molar refractivity (Wildman–Crippen MR) is 105 cm³/mol. The maximum atomic E-state index is 4.03. The van der Waals surface area contributed by atoms with Crippen LogP contribution in [0.1, 0.15) is 39.3 Å². The summed E-state index contributed by atoms with van der Waals surface area (Å²) in [7, 11) is -0.283. The lowest BCUT2D eigenvalue weighted by molar-refractivity contribution is 0.651. The van der Waals surface area contributed by atoms with Gasteiger partial charge in [0, 0.05) is 22.2 Å². The van der Waals surface area contributed by atoms with E-state index in [1.165, 1.54) is 21.9 Å². The maximum Gasteiger partial charge on any atom is 0.117 e. The molecule has 22 heavy (non-hydrogen) atoms. The van der Waals surface area contributed by atoms with Gasteiger partial charge in [-0.3, -0.25) is 0 Å². The van der Waals surface area contributed by atoms with E-state index >= 15 is 0 Å². The molecule has 1 N–H and O–H groups in total. The van der Waals surface area contributed by atoms with Gasteiger partial charge in [0.25, 0.3) is 0 Å². The fourth-order valence-electron chi connectivity index (χ4n) is 3.53. The van der Waals surface area contributed by atoms with Crippen LogP contribution < -0.4 is 10.2 Å². The molecule has 0 bridgehead atoms. The summed E-state index contributed by atoms with van der Waals surface area (Å²) in [6.45, 7) is 16.5. The van der Waals surface area contributed by atoms with Crippen molar-refractivity contribution < 1.29 is 0 Å². The molecule has 0 spiro atoms. The molecule has 2 atom stereocenters. The summed E-state index contributed by atoms with van der Waals surface area (Å²) >= 11 is 0. The number of hydrogen-bond donors (Lipinski definition) is 1. The number of allylic oxidation sites excluding steroid dienone is 3. The molecule has 2 unspecified atom stereocenters. The van der Waals surface area contributed by atoms with Crippen LogP contribution in [0.15, 0.2) is 46.6 Å². The SMILES string of the molecule is CC1=C(C)C(C)C(C(N[Si](C)(C)C)c2ccccc2[SiH3])=C1C. The third kappa shape index (κ3) is 3.37. The van der Waals surface area contributed by atoms with Crippen LogP contribution in [0.2, 0.25) is 19.6 Å². The van der Waals surface area contributed by atoms with E-state index in [1.54, 1.807) is 11.1 Å². The highest BCUT2D eigenvalue weighted by Crippen LogP contribution is 2.43. The minimum atomic E-state index is -1.38. The molecule has 3 heteroatoms. The van der Waals surface area contributed by atoms with Crippen LogP contribution in [-0.4, -0.2) is 18.5 Å². The van der Waals surface area contributed by atoms with Gasteiger partial charge in [-0.1, -0.05) is 61.6 Å². The van der Waals surface area contributed by atoms with E-state index in [4.69, 9.17) is 0 Å². The Hall–Kier alpha value is -0.906. The number of benzene rings is 1. The Bertz CT molecular complexity index is 635. The van der Waals surface area contributed by atoms with E-state index in [2.05, 4.69) is 76.6 Å². The van der Waals surface area contributed by atoms with Crippen LogP contribution in [-0.2, 0) is 0 Å². The Morgan fingerprint density at radius 2 is 1.64 bits per heavy atom. The molecule has 0 heterocycles. The highest BCUT2D eigenvalue weighted by Gasteiger charge is 2.33. The summed E-state index contributed by atoms with van der Waals surface area (Å²) in [5.41, 5.74) is 7.64. The maximum absolute atomic E-state index is 4.03. The summed E-state index contributed by atoms with van der Waals surface area (Å²) in [5.74, 6) is 0.551. The van der Waals surface area contributed by atoms with Crippen LogP contribution >= 0.6 is 0 Å². The normalized spacial score (nSPS) is 21.0. The van der Waals surface area contributed by atoms with Crippen molar-refractivity contribution in [2.75, 3.05) is 0 Å². The molecule has 0 aliphatic heterocycles. The largest absolute Gasteiger partial charge is 0.328 e. The lowest BCUT2D eigenvalue weighted by Crippen LogP contribution is -2.46. The molecule has 0 saturated carbocycles. The standard InChI is InChI=1S/C19H31NSi2/c1-12-13(2)15(4)18(14(12)3)19(20-22(5,6)7)16-10-8-9-11-17(16)21/h8-11,14,19-20H,1-7,21H3. The second-order valence-corrected chi connectivity index (χ2v) is 13.7. The van der Waals surface area contributed by atoms with Crippen molar-refractivity contribution in [2.24, 2.45) is 5.92 Å². The summed E-state index contributed by atoms with van der Waals surface area (Å²) in [4.78, 5) is 4.03. The molecule has 1 aliphatic carbocycles. The molecule has 1 aromatic carbocycles. The fraction of sp³-hybridized carbons (Fsp3) is 0.474. The molecule has 0 amide bonds. The molecule has 1 aliphatic rings. The number of hydrogen-bond acceptors (Lipinski definition) is 1. The third-order valence-corrected chi connectivity index (χ3v) is 7.16. The first kappa shape index (κ1) is 17.4. The van der Waals surface area contributed by atoms with Gasteiger partial charge in [-0.15, -0.1) is 0 Å². The van der Waals surface area contributed by atoms with E-state index in [9.17, 15) is 0 Å². The monoisotopic (exact) mass is 329 g/mol. The van der Waals surface area contributed by atoms with Gasteiger partial charge in [0.2, 0.25) is 0 Å². The number of nitrogens with one attached hydrogen (secondary N) is 1. The van der Waals surface area contributed by atoms with Gasteiger partial charge in [-0.25, -0.2) is 0 Å². The topological polar surface area (TPSA) is 12.0 Å². The highest BCUT2D eigenvalue weighted by atomic mass is 28.3. The second kappa shape index (κ2) is 6.30. The summed E-state index contributed by atoms with van der Waals surface area (Å²) < 4.78 is 0. The first-order valence-electron chi connectivity index (χ1n) is 8.35. The van der Waals surface area contributed by atoms with Gasteiger partial charge in [0.1, 0.15) is 8.24 Å². The van der Waals surface area contributed by atoms with Crippen LogP contribution in [0.3, 0.4) is 0 Å². The molecular formula is C19H31NSi2. The van der Waals surface area contributed by atoms with Crippen LogP contribution in [0, 0.1) is 5.92 Å². The first-order valence-corrected chi connectivity index (χ1v) is 12.8. The smallest absolute Gasteiger partial charge is 0.117 e. The lowest BCUT2D eigenvalue weighted by Gasteiger charge is -2.32. The van der Waals surface area contributed by atoms with Crippen molar-refractivity contribution in [3.8, 4) is 0 Å². The van der Waals surface area contributed by atoms with Gasteiger partial charge < -0.3 is 4.98 Å². The number of rotatable bonds is 4. The molecular weight excluding hydrogens is 298 g/mol. The Balaban J connectivity index is 2.55. The molecule has 0 aromatic heterocycles. The van der Waals surface area contributed by atoms with Crippen molar-refractivity contribution in [1.29, 1.82) is 0 Å². The molecule has 2 rings (SSSR count). The van der Waals surface area contributed by atoms with Crippen molar-refractivity contribution in [1.82, 2.24) is 4.98 Å². The highest BCUT2D eigenvalue weighted by molar-refractivity contribution is 6.73. The Labute approximate surface area is 140 Å². The zero-order valence-electron chi connectivity index (χ0n) is 15.5. The van der Waals surface area contributed by atoms with Crippen molar-refractivity contribution in [2.45, 2.75) is 53.4 Å². The molecule has 0 radical (unpaired) electrons. The third-order valence-electron chi connectivity index (χ3n) is 5.09. The van der Waals surface area contributed by atoms with E-state index in [1.807, 2.05) is 0 Å². The van der Waals surface area contributed by atoms with E-state index in [0.717, 1.165) is 10.2 Å². The Morgan fingerprint density at radius 1 is 1.05 bits per heavy atom. The quantitative estimate of drug-likeness (QED) is 0.834. The van der Waals surface area contributed by atoms with Gasteiger partial charge in [-0.2, -0.15) is 0 Å².